The van der Waals surface area contributed by atoms with Crippen LogP contribution in [0, 0.1) is 0 Å². The molecule has 2 N–H and O–H groups in total. The fourth-order valence-corrected chi connectivity index (χ4v) is 0.958. The summed E-state index contributed by atoms with van der Waals surface area (Å²) < 4.78 is 4.28. The van der Waals surface area contributed by atoms with E-state index in [4.69, 9.17) is 5.11 Å². The second-order valence-electron chi connectivity index (χ2n) is 3.17. The minimum Gasteiger partial charge on any atom is -0.396 e. The zero-order chi connectivity index (χ0) is 12.6. The number of carbonyl (C=O) groups is 2. The quantitative estimate of drug-likeness (QED) is 0.284. The number of ether oxygens (including phenoxy) is 1. The molecule has 0 rings (SSSR count). The Hall–Kier alpha value is -1.46. The maximum absolute atomic E-state index is 11.2. The highest BCUT2D eigenvalue weighted by Gasteiger charge is 2.19. The molecule has 0 spiro atoms. The van der Waals surface area contributed by atoms with Crippen molar-refractivity contribution in [2.45, 2.75) is 25.4 Å². The van der Waals surface area contributed by atoms with E-state index in [0.717, 1.165) is 6.08 Å². The lowest BCUT2D eigenvalue weighted by Crippen LogP contribution is -2.21. The molecule has 5 heteroatoms. The Bertz CT molecular complexity index is 282. The van der Waals surface area contributed by atoms with Crippen molar-refractivity contribution >= 4 is 11.9 Å². The van der Waals surface area contributed by atoms with E-state index < -0.39 is 18.0 Å². The number of rotatable bonds is 7. The van der Waals surface area contributed by atoms with Gasteiger partial charge in [-0.25, -0.2) is 9.59 Å². The van der Waals surface area contributed by atoms with Gasteiger partial charge >= 0.3 is 11.9 Å². The third-order valence-electron chi connectivity index (χ3n) is 1.91. The Kier molecular flexibility index (Phi) is 7.07. The van der Waals surface area contributed by atoms with Gasteiger partial charge in [-0.2, -0.15) is 0 Å². The molecule has 1 atom stereocenters. The standard InChI is InChI=1S/C11H16O5/c1-3-10(14)16-11(15)8(2)9(13)6-4-5-7-12/h3,9,12-13H,1-2,4-7H2. The van der Waals surface area contributed by atoms with Crippen molar-refractivity contribution < 1.29 is 24.5 Å². The van der Waals surface area contributed by atoms with Crippen LogP contribution in [0.4, 0.5) is 0 Å². The fraction of sp³-hybridized carbons (Fsp3) is 0.455. The van der Waals surface area contributed by atoms with E-state index in [1.165, 1.54) is 0 Å². The summed E-state index contributed by atoms with van der Waals surface area (Å²) in [6.45, 7) is 6.51. The number of hydrogen-bond donors (Lipinski definition) is 2. The maximum Gasteiger partial charge on any atom is 0.343 e. The van der Waals surface area contributed by atoms with Gasteiger partial charge in [0.2, 0.25) is 0 Å². The summed E-state index contributed by atoms with van der Waals surface area (Å²) in [5.74, 6) is -1.84. The molecule has 0 aromatic heterocycles. The van der Waals surface area contributed by atoms with Gasteiger partial charge in [-0.1, -0.05) is 13.2 Å². The van der Waals surface area contributed by atoms with Crippen molar-refractivity contribution in [3.63, 3.8) is 0 Å². The Morgan fingerprint density at radius 1 is 1.38 bits per heavy atom. The number of hydrogen-bond acceptors (Lipinski definition) is 5. The molecule has 5 nitrogen and oxygen atoms in total. The van der Waals surface area contributed by atoms with Gasteiger partial charge in [0.1, 0.15) is 0 Å². The molecule has 16 heavy (non-hydrogen) atoms. The van der Waals surface area contributed by atoms with E-state index >= 15 is 0 Å². The van der Waals surface area contributed by atoms with Crippen LogP contribution in [0.5, 0.6) is 0 Å². The Morgan fingerprint density at radius 3 is 2.50 bits per heavy atom. The monoisotopic (exact) mass is 228 g/mol. The normalized spacial score (nSPS) is 11.6. The number of esters is 2. The van der Waals surface area contributed by atoms with Crippen LogP contribution >= 0.6 is 0 Å². The van der Waals surface area contributed by atoms with Crippen LogP contribution in [0.1, 0.15) is 19.3 Å². The summed E-state index contributed by atoms with van der Waals surface area (Å²) in [5.41, 5.74) is -0.173. The summed E-state index contributed by atoms with van der Waals surface area (Å²) in [6.07, 6.45) is 1.17. The van der Waals surface area contributed by atoms with Gasteiger partial charge < -0.3 is 14.9 Å². The highest BCUT2D eigenvalue weighted by molar-refractivity contribution is 5.99. The SMILES string of the molecule is C=CC(=O)OC(=O)C(=C)C(O)CCCCO. The Morgan fingerprint density at radius 2 is 2.00 bits per heavy atom. The van der Waals surface area contributed by atoms with Crippen molar-refractivity contribution in [3.8, 4) is 0 Å². The van der Waals surface area contributed by atoms with Crippen molar-refractivity contribution in [3.05, 3.63) is 24.8 Å². The van der Waals surface area contributed by atoms with Gasteiger partial charge in [0, 0.05) is 12.7 Å². The summed E-state index contributed by atoms with van der Waals surface area (Å²) >= 11 is 0. The molecular formula is C11H16O5. The summed E-state index contributed by atoms with van der Waals surface area (Å²) in [5, 5.41) is 18.0. The van der Waals surface area contributed by atoms with Crippen LogP contribution in [0.15, 0.2) is 24.8 Å². The summed E-state index contributed by atoms with van der Waals surface area (Å²) in [4.78, 5) is 21.9. The molecule has 0 bridgehead atoms. The first kappa shape index (κ1) is 14.5. The lowest BCUT2D eigenvalue weighted by Gasteiger charge is -2.11. The minimum absolute atomic E-state index is 0.0264. The molecule has 0 aromatic rings. The van der Waals surface area contributed by atoms with E-state index in [-0.39, 0.29) is 18.6 Å². The molecule has 0 fully saturated rings. The van der Waals surface area contributed by atoms with Gasteiger partial charge in [-0.05, 0) is 19.3 Å². The summed E-state index contributed by atoms with van der Waals surface area (Å²) in [6, 6.07) is 0. The molecule has 90 valence electrons. The van der Waals surface area contributed by atoms with Crippen molar-refractivity contribution in [2.24, 2.45) is 0 Å². The van der Waals surface area contributed by atoms with Gasteiger partial charge in [0.05, 0.1) is 11.7 Å². The predicted molar refractivity (Wildman–Crippen MR) is 57.4 cm³/mol. The lowest BCUT2D eigenvalue weighted by molar-refractivity contribution is -0.153. The number of aliphatic hydroxyl groups is 2. The average molecular weight is 228 g/mol. The highest BCUT2D eigenvalue weighted by Crippen LogP contribution is 2.10. The van der Waals surface area contributed by atoms with E-state index in [1.54, 1.807) is 0 Å². The molecular weight excluding hydrogens is 212 g/mol. The first-order valence-electron chi connectivity index (χ1n) is 4.89. The summed E-state index contributed by atoms with van der Waals surface area (Å²) in [7, 11) is 0. The second-order valence-corrected chi connectivity index (χ2v) is 3.17. The topological polar surface area (TPSA) is 83.8 Å². The third kappa shape index (κ3) is 5.43. The van der Waals surface area contributed by atoms with Gasteiger partial charge in [-0.15, -0.1) is 0 Å². The molecule has 0 radical (unpaired) electrons. The molecule has 0 saturated carbocycles. The van der Waals surface area contributed by atoms with Crippen molar-refractivity contribution in [2.75, 3.05) is 6.61 Å². The molecule has 0 aliphatic rings. The second kappa shape index (κ2) is 7.78. The van der Waals surface area contributed by atoms with E-state index in [2.05, 4.69) is 17.9 Å². The average Bonchev–Trinajstić information content (AvgIpc) is 2.27. The smallest absolute Gasteiger partial charge is 0.343 e. The van der Waals surface area contributed by atoms with Crippen LogP contribution in [0.3, 0.4) is 0 Å². The highest BCUT2D eigenvalue weighted by atomic mass is 16.6. The van der Waals surface area contributed by atoms with E-state index in [0.29, 0.717) is 12.8 Å². The van der Waals surface area contributed by atoms with Gasteiger partial charge in [0.15, 0.2) is 0 Å². The first-order chi connectivity index (χ1) is 7.52. The number of aliphatic hydroxyl groups excluding tert-OH is 2. The lowest BCUT2D eigenvalue weighted by atomic mass is 10.1. The number of carbonyl (C=O) groups excluding carboxylic acids is 2. The molecule has 0 aliphatic heterocycles. The Balaban J connectivity index is 4.06. The van der Waals surface area contributed by atoms with E-state index in [9.17, 15) is 14.7 Å². The minimum atomic E-state index is -1.06. The molecule has 0 aliphatic carbocycles. The molecule has 0 saturated heterocycles. The predicted octanol–water partition coefficient (Wildman–Crippen LogP) is 0.322. The largest absolute Gasteiger partial charge is 0.396 e. The van der Waals surface area contributed by atoms with Crippen LogP contribution in [0.2, 0.25) is 0 Å². The van der Waals surface area contributed by atoms with Crippen LogP contribution in [-0.2, 0) is 14.3 Å². The maximum atomic E-state index is 11.2. The first-order valence-corrected chi connectivity index (χ1v) is 4.89. The van der Waals surface area contributed by atoms with Crippen LogP contribution < -0.4 is 0 Å². The van der Waals surface area contributed by atoms with Gasteiger partial charge in [0.25, 0.3) is 0 Å². The molecule has 0 heterocycles. The molecule has 0 aromatic carbocycles. The Labute approximate surface area is 94.0 Å². The van der Waals surface area contributed by atoms with Gasteiger partial charge in [-0.3, -0.25) is 0 Å². The molecule has 1 unspecified atom stereocenters. The van der Waals surface area contributed by atoms with Crippen LogP contribution in [0.25, 0.3) is 0 Å². The fourth-order valence-electron chi connectivity index (χ4n) is 0.958. The molecule has 0 amide bonds. The van der Waals surface area contributed by atoms with Crippen molar-refractivity contribution in [1.82, 2.24) is 0 Å². The zero-order valence-corrected chi connectivity index (χ0v) is 9.02. The third-order valence-corrected chi connectivity index (χ3v) is 1.91. The zero-order valence-electron chi connectivity index (χ0n) is 9.02. The van der Waals surface area contributed by atoms with Crippen LogP contribution in [-0.4, -0.2) is 34.9 Å². The number of unbranched alkanes of at least 4 members (excludes halogenated alkanes) is 1. The van der Waals surface area contributed by atoms with Crippen molar-refractivity contribution in [1.29, 1.82) is 0 Å². The van der Waals surface area contributed by atoms with E-state index in [1.807, 2.05) is 0 Å².